The molecule has 1 aliphatic heterocycles. The van der Waals surface area contributed by atoms with Crippen LogP contribution in [0, 0.1) is 5.82 Å². The van der Waals surface area contributed by atoms with E-state index < -0.39 is 0 Å². The zero-order valence-electron chi connectivity index (χ0n) is 16.3. The number of fused-ring (bicyclic) bond motifs is 2. The molecule has 3 heterocycles. The van der Waals surface area contributed by atoms with Crippen molar-refractivity contribution in [1.29, 1.82) is 0 Å². The molecule has 0 atom stereocenters. The molecular formula is C24H19FN4O. The lowest BCUT2D eigenvalue weighted by Gasteiger charge is -2.27. The van der Waals surface area contributed by atoms with Crippen LogP contribution in [0.1, 0.15) is 5.69 Å². The highest BCUT2D eigenvalue weighted by Crippen LogP contribution is 2.38. The molecule has 0 saturated heterocycles. The van der Waals surface area contributed by atoms with Gasteiger partial charge in [-0.05, 0) is 35.2 Å². The summed E-state index contributed by atoms with van der Waals surface area (Å²) in [4.78, 5) is 18.0. The summed E-state index contributed by atoms with van der Waals surface area (Å²) in [5, 5.41) is 6.18. The van der Waals surface area contributed by atoms with Gasteiger partial charge in [-0.2, -0.15) is 5.10 Å². The summed E-state index contributed by atoms with van der Waals surface area (Å²) in [6, 6.07) is 14.9. The van der Waals surface area contributed by atoms with Crippen LogP contribution in [0.5, 0.6) is 0 Å². The van der Waals surface area contributed by atoms with Gasteiger partial charge in [0.25, 0.3) is 0 Å². The first kappa shape index (κ1) is 18.2. The SMILES string of the molecule is C=CC(=O)N1CCn2nc(-c3ccc4ccccc4c3F)c(-c3ccncc3)c2C1. The molecule has 5 nitrogen and oxygen atoms in total. The Morgan fingerprint density at radius 3 is 2.67 bits per heavy atom. The quantitative estimate of drug-likeness (QED) is 0.480. The molecule has 0 aliphatic carbocycles. The first-order valence-corrected chi connectivity index (χ1v) is 9.76. The maximum Gasteiger partial charge on any atom is 0.246 e. The summed E-state index contributed by atoms with van der Waals surface area (Å²) in [5.74, 6) is -0.417. The second-order valence-electron chi connectivity index (χ2n) is 7.24. The fourth-order valence-electron chi connectivity index (χ4n) is 4.06. The third-order valence-corrected chi connectivity index (χ3v) is 5.55. The van der Waals surface area contributed by atoms with Crippen molar-refractivity contribution in [2.75, 3.05) is 6.54 Å². The van der Waals surface area contributed by atoms with Gasteiger partial charge in [-0.1, -0.05) is 36.9 Å². The number of hydrogen-bond acceptors (Lipinski definition) is 3. The maximum absolute atomic E-state index is 15.5. The summed E-state index contributed by atoms with van der Waals surface area (Å²) < 4.78 is 17.4. The van der Waals surface area contributed by atoms with Gasteiger partial charge < -0.3 is 4.90 Å². The van der Waals surface area contributed by atoms with E-state index in [2.05, 4.69) is 11.6 Å². The zero-order valence-corrected chi connectivity index (χ0v) is 16.3. The van der Waals surface area contributed by atoms with Gasteiger partial charge in [0.2, 0.25) is 5.91 Å². The number of carbonyl (C=O) groups is 1. The van der Waals surface area contributed by atoms with Crippen molar-refractivity contribution in [3.05, 3.63) is 85.1 Å². The summed E-state index contributed by atoms with van der Waals surface area (Å²) in [5.41, 5.74) is 3.62. The van der Waals surface area contributed by atoms with Gasteiger partial charge in [0.1, 0.15) is 11.5 Å². The number of rotatable bonds is 3. The Balaban J connectivity index is 1.74. The van der Waals surface area contributed by atoms with Crippen LogP contribution in [0.15, 0.2) is 73.6 Å². The number of hydrogen-bond donors (Lipinski definition) is 0. The average molecular weight is 398 g/mol. The largest absolute Gasteiger partial charge is 0.331 e. The minimum absolute atomic E-state index is 0.124. The minimum Gasteiger partial charge on any atom is -0.331 e. The van der Waals surface area contributed by atoms with Gasteiger partial charge in [0, 0.05) is 35.5 Å². The van der Waals surface area contributed by atoms with Crippen LogP contribution in [-0.2, 0) is 17.9 Å². The summed E-state index contributed by atoms with van der Waals surface area (Å²) >= 11 is 0. The number of aromatic nitrogens is 3. The van der Waals surface area contributed by atoms with Crippen molar-refractivity contribution in [3.63, 3.8) is 0 Å². The highest BCUT2D eigenvalue weighted by Gasteiger charge is 2.28. The Morgan fingerprint density at radius 2 is 1.87 bits per heavy atom. The molecule has 0 bridgehead atoms. The monoisotopic (exact) mass is 398 g/mol. The van der Waals surface area contributed by atoms with Crippen LogP contribution >= 0.6 is 0 Å². The van der Waals surface area contributed by atoms with E-state index in [0.717, 1.165) is 22.2 Å². The molecule has 0 fully saturated rings. The van der Waals surface area contributed by atoms with E-state index >= 15 is 4.39 Å². The van der Waals surface area contributed by atoms with E-state index in [0.29, 0.717) is 36.3 Å². The van der Waals surface area contributed by atoms with Crippen molar-refractivity contribution in [2.24, 2.45) is 0 Å². The van der Waals surface area contributed by atoms with Gasteiger partial charge in [-0.3, -0.25) is 14.5 Å². The molecule has 2 aromatic heterocycles. The molecule has 4 aromatic rings. The van der Waals surface area contributed by atoms with Gasteiger partial charge in [0.05, 0.1) is 18.8 Å². The number of nitrogens with zero attached hydrogens (tertiary/aromatic N) is 4. The number of halogens is 1. The molecule has 30 heavy (non-hydrogen) atoms. The van der Waals surface area contributed by atoms with Crippen molar-refractivity contribution in [1.82, 2.24) is 19.7 Å². The van der Waals surface area contributed by atoms with Crippen molar-refractivity contribution in [2.45, 2.75) is 13.1 Å². The van der Waals surface area contributed by atoms with Gasteiger partial charge >= 0.3 is 0 Å². The molecule has 148 valence electrons. The smallest absolute Gasteiger partial charge is 0.246 e. The predicted octanol–water partition coefficient (Wildman–Crippen LogP) is 4.43. The maximum atomic E-state index is 15.5. The molecule has 0 unspecified atom stereocenters. The Bertz CT molecular complexity index is 1280. The Morgan fingerprint density at radius 1 is 1.07 bits per heavy atom. The molecule has 2 aromatic carbocycles. The van der Waals surface area contributed by atoms with E-state index in [-0.39, 0.29) is 11.7 Å². The number of amides is 1. The molecule has 0 radical (unpaired) electrons. The molecule has 6 heteroatoms. The highest BCUT2D eigenvalue weighted by atomic mass is 19.1. The Hall–Kier alpha value is -3.80. The molecule has 1 aliphatic rings. The second-order valence-corrected chi connectivity index (χ2v) is 7.24. The van der Waals surface area contributed by atoms with Crippen LogP contribution in [0.4, 0.5) is 4.39 Å². The zero-order chi connectivity index (χ0) is 20.7. The molecule has 1 amide bonds. The third kappa shape index (κ3) is 2.88. The average Bonchev–Trinajstić information content (AvgIpc) is 3.18. The molecule has 5 rings (SSSR count). The predicted molar refractivity (Wildman–Crippen MR) is 114 cm³/mol. The normalized spacial score (nSPS) is 13.3. The van der Waals surface area contributed by atoms with Crippen LogP contribution in [0.25, 0.3) is 33.2 Å². The van der Waals surface area contributed by atoms with Crippen LogP contribution in [0.2, 0.25) is 0 Å². The van der Waals surface area contributed by atoms with Crippen LogP contribution in [-0.4, -0.2) is 32.1 Å². The fourth-order valence-corrected chi connectivity index (χ4v) is 4.06. The highest BCUT2D eigenvalue weighted by molar-refractivity contribution is 5.92. The van der Waals surface area contributed by atoms with Crippen molar-refractivity contribution >= 4 is 16.7 Å². The number of carbonyl (C=O) groups excluding carboxylic acids is 1. The first-order chi connectivity index (χ1) is 14.7. The minimum atomic E-state index is -0.294. The van der Waals surface area contributed by atoms with Crippen LogP contribution in [0.3, 0.4) is 0 Å². The molecular weight excluding hydrogens is 379 g/mol. The molecule has 0 spiro atoms. The van der Waals surface area contributed by atoms with Crippen molar-refractivity contribution < 1.29 is 9.18 Å². The lowest BCUT2D eigenvalue weighted by molar-refractivity contribution is -0.127. The molecule has 0 N–H and O–H groups in total. The topological polar surface area (TPSA) is 51.0 Å². The van der Waals surface area contributed by atoms with Crippen molar-refractivity contribution in [3.8, 4) is 22.4 Å². The van der Waals surface area contributed by atoms with E-state index in [1.807, 2.05) is 41.1 Å². The van der Waals surface area contributed by atoms with Gasteiger partial charge in [-0.25, -0.2) is 4.39 Å². The summed E-state index contributed by atoms with van der Waals surface area (Å²) in [6.45, 7) is 5.07. The lowest BCUT2D eigenvalue weighted by Crippen LogP contribution is -2.37. The standard InChI is InChI=1S/C24H19FN4O/c1-2-21(30)28-13-14-29-20(15-28)22(17-9-11-26-12-10-17)24(27-29)19-8-7-16-5-3-4-6-18(16)23(19)25/h2-12H,1,13-15H2. The van der Waals surface area contributed by atoms with E-state index in [4.69, 9.17) is 5.10 Å². The van der Waals surface area contributed by atoms with E-state index in [1.54, 1.807) is 29.4 Å². The number of benzene rings is 2. The van der Waals surface area contributed by atoms with Crippen LogP contribution < -0.4 is 0 Å². The Labute approximate surface area is 173 Å². The van der Waals surface area contributed by atoms with Gasteiger partial charge in [0.15, 0.2) is 0 Å². The summed E-state index contributed by atoms with van der Waals surface area (Å²) in [6.07, 6.45) is 4.73. The van der Waals surface area contributed by atoms with E-state index in [9.17, 15) is 4.79 Å². The third-order valence-electron chi connectivity index (χ3n) is 5.55. The first-order valence-electron chi connectivity index (χ1n) is 9.76. The fraction of sp³-hybridized carbons (Fsp3) is 0.125. The number of pyridine rings is 1. The second kappa shape index (κ2) is 7.22. The Kier molecular flexibility index (Phi) is 4.39. The lowest BCUT2D eigenvalue weighted by atomic mass is 9.96. The summed E-state index contributed by atoms with van der Waals surface area (Å²) in [7, 11) is 0. The van der Waals surface area contributed by atoms with Gasteiger partial charge in [-0.15, -0.1) is 0 Å². The molecule has 0 saturated carbocycles. The van der Waals surface area contributed by atoms with E-state index in [1.165, 1.54) is 6.08 Å².